The molecule has 2 amide bonds. The average molecular weight is 367 g/mol. The Morgan fingerprint density at radius 2 is 2.00 bits per heavy atom. The van der Waals surface area contributed by atoms with E-state index in [0.29, 0.717) is 17.9 Å². The Balaban J connectivity index is 1.76. The van der Waals surface area contributed by atoms with Crippen molar-refractivity contribution >= 4 is 17.8 Å². The van der Waals surface area contributed by atoms with Crippen LogP contribution in [0.1, 0.15) is 35.3 Å². The van der Waals surface area contributed by atoms with E-state index in [0.717, 1.165) is 11.3 Å². The molecule has 1 aliphatic heterocycles. The molecule has 140 valence electrons. The summed E-state index contributed by atoms with van der Waals surface area (Å²) in [5.41, 5.74) is 1.29. The molecule has 0 saturated carbocycles. The van der Waals surface area contributed by atoms with Crippen LogP contribution in [0.4, 0.5) is 0 Å². The van der Waals surface area contributed by atoms with Gasteiger partial charge in [-0.1, -0.05) is 18.2 Å². The molecule has 0 spiro atoms. The predicted molar refractivity (Wildman–Crippen MR) is 101 cm³/mol. The lowest BCUT2D eigenvalue weighted by atomic mass is 10.0. The van der Waals surface area contributed by atoms with Crippen molar-refractivity contribution in [2.75, 3.05) is 13.7 Å². The van der Waals surface area contributed by atoms with Crippen molar-refractivity contribution in [2.45, 2.75) is 19.4 Å². The summed E-state index contributed by atoms with van der Waals surface area (Å²) in [6.45, 7) is 2.50. The number of ether oxygens (including phenoxy) is 2. The largest absolute Gasteiger partial charge is 0.497 e. The fourth-order valence-electron chi connectivity index (χ4n) is 2.75. The minimum atomic E-state index is -0.375. The molecular weight excluding hydrogens is 346 g/mol. The molecule has 0 radical (unpaired) electrons. The van der Waals surface area contributed by atoms with Crippen LogP contribution in [0.2, 0.25) is 0 Å². The number of benzene rings is 2. The molecule has 0 fully saturated rings. The summed E-state index contributed by atoms with van der Waals surface area (Å²) < 4.78 is 10.6. The van der Waals surface area contributed by atoms with Gasteiger partial charge in [-0.05, 0) is 42.8 Å². The van der Waals surface area contributed by atoms with Gasteiger partial charge in [0.05, 0.1) is 26.2 Å². The zero-order chi connectivity index (χ0) is 19.2. The van der Waals surface area contributed by atoms with Crippen LogP contribution in [0.15, 0.2) is 53.5 Å². The second-order valence-electron chi connectivity index (χ2n) is 5.93. The van der Waals surface area contributed by atoms with Crippen LogP contribution in [-0.4, -0.2) is 31.5 Å². The lowest BCUT2D eigenvalue weighted by Gasteiger charge is -2.21. The number of amides is 2. The van der Waals surface area contributed by atoms with Gasteiger partial charge in [-0.15, -0.1) is 0 Å². The van der Waals surface area contributed by atoms with Crippen molar-refractivity contribution in [1.29, 1.82) is 0 Å². The van der Waals surface area contributed by atoms with E-state index >= 15 is 0 Å². The Morgan fingerprint density at radius 3 is 2.70 bits per heavy atom. The summed E-state index contributed by atoms with van der Waals surface area (Å²) in [6.07, 6.45) is 0.215. The average Bonchev–Trinajstić information content (AvgIpc) is 2.68. The third kappa shape index (κ3) is 4.63. The maximum absolute atomic E-state index is 12.4. The van der Waals surface area contributed by atoms with Crippen molar-refractivity contribution in [3.05, 3.63) is 59.7 Å². The van der Waals surface area contributed by atoms with Gasteiger partial charge in [0, 0.05) is 5.56 Å². The van der Waals surface area contributed by atoms with E-state index in [-0.39, 0.29) is 30.2 Å². The zero-order valence-electron chi connectivity index (χ0n) is 15.2. The third-order valence-corrected chi connectivity index (χ3v) is 4.06. The minimum absolute atomic E-state index is 0.137. The van der Waals surface area contributed by atoms with Gasteiger partial charge in [0.1, 0.15) is 11.5 Å². The number of aliphatic imine (C=N–C) groups is 1. The van der Waals surface area contributed by atoms with E-state index in [4.69, 9.17) is 9.47 Å². The SMILES string of the molecule is CCOc1ccc([C@@H]2CC(=O)NC(NC(=O)c3cccc(OC)c3)=N2)cc1. The maximum atomic E-state index is 12.4. The van der Waals surface area contributed by atoms with Crippen molar-refractivity contribution in [1.82, 2.24) is 10.6 Å². The number of hydrogen-bond donors (Lipinski definition) is 2. The van der Waals surface area contributed by atoms with Gasteiger partial charge >= 0.3 is 0 Å². The summed E-state index contributed by atoms with van der Waals surface area (Å²) in [6, 6.07) is 13.8. The van der Waals surface area contributed by atoms with Crippen molar-refractivity contribution in [2.24, 2.45) is 4.99 Å². The molecule has 0 aliphatic carbocycles. The van der Waals surface area contributed by atoms with Gasteiger partial charge in [0.15, 0.2) is 0 Å². The number of hydrogen-bond acceptors (Lipinski definition) is 5. The summed E-state index contributed by atoms with van der Waals surface area (Å²) in [5, 5.41) is 5.25. The lowest BCUT2D eigenvalue weighted by Crippen LogP contribution is -2.47. The van der Waals surface area contributed by atoms with Gasteiger partial charge in [0.25, 0.3) is 5.91 Å². The molecule has 1 aliphatic rings. The molecule has 3 rings (SSSR count). The highest BCUT2D eigenvalue weighted by Crippen LogP contribution is 2.25. The Kier molecular flexibility index (Phi) is 5.71. The topological polar surface area (TPSA) is 89.0 Å². The molecule has 0 bridgehead atoms. The van der Waals surface area contributed by atoms with E-state index in [9.17, 15) is 9.59 Å². The molecule has 2 aromatic rings. The van der Waals surface area contributed by atoms with Gasteiger partial charge in [-0.25, -0.2) is 4.99 Å². The second kappa shape index (κ2) is 8.35. The fraction of sp³-hybridized carbons (Fsp3) is 0.250. The van der Waals surface area contributed by atoms with Crippen LogP contribution in [0, 0.1) is 0 Å². The highest BCUT2D eigenvalue weighted by molar-refractivity contribution is 6.10. The van der Waals surface area contributed by atoms with Crippen LogP contribution in [0.25, 0.3) is 0 Å². The first-order chi connectivity index (χ1) is 13.1. The summed E-state index contributed by atoms with van der Waals surface area (Å²) in [4.78, 5) is 29.0. The van der Waals surface area contributed by atoms with Crippen molar-refractivity contribution in [3.8, 4) is 11.5 Å². The number of carbonyl (C=O) groups is 2. The molecule has 7 nitrogen and oxygen atoms in total. The van der Waals surface area contributed by atoms with Gasteiger partial charge in [-0.2, -0.15) is 0 Å². The van der Waals surface area contributed by atoms with Crippen molar-refractivity contribution < 1.29 is 19.1 Å². The molecule has 1 heterocycles. The van der Waals surface area contributed by atoms with E-state index in [1.807, 2.05) is 31.2 Å². The van der Waals surface area contributed by atoms with Crippen LogP contribution >= 0.6 is 0 Å². The molecule has 0 aromatic heterocycles. The molecule has 0 unspecified atom stereocenters. The first-order valence-corrected chi connectivity index (χ1v) is 8.65. The molecule has 7 heteroatoms. The van der Waals surface area contributed by atoms with Crippen molar-refractivity contribution in [3.63, 3.8) is 0 Å². The number of guanidine groups is 1. The quantitative estimate of drug-likeness (QED) is 0.849. The summed E-state index contributed by atoms with van der Waals surface area (Å²) in [5.74, 6) is 0.893. The maximum Gasteiger partial charge on any atom is 0.258 e. The molecular formula is C20H21N3O4. The van der Waals surface area contributed by atoms with Gasteiger partial charge in [0.2, 0.25) is 11.9 Å². The Bertz CT molecular complexity index is 862. The smallest absolute Gasteiger partial charge is 0.258 e. The number of nitrogens with zero attached hydrogens (tertiary/aromatic N) is 1. The highest BCUT2D eigenvalue weighted by Gasteiger charge is 2.24. The normalized spacial score (nSPS) is 16.1. The first kappa shape index (κ1) is 18.4. The second-order valence-corrected chi connectivity index (χ2v) is 5.93. The van der Waals surface area contributed by atoms with E-state index in [1.165, 1.54) is 7.11 Å². The standard InChI is InChI=1S/C20H21N3O4/c1-3-27-15-9-7-13(8-10-15)17-12-18(24)22-20(21-17)23-19(25)14-5-4-6-16(11-14)26-2/h4-11,17H,3,12H2,1-2H3,(H2,21,22,23,24,25)/t17-/m0/s1. The van der Waals surface area contributed by atoms with E-state index in [1.54, 1.807) is 24.3 Å². The molecule has 1 atom stereocenters. The van der Waals surface area contributed by atoms with Crippen LogP contribution in [0.5, 0.6) is 11.5 Å². The minimum Gasteiger partial charge on any atom is -0.497 e. The Labute approximate surface area is 157 Å². The molecule has 2 N–H and O–H groups in total. The third-order valence-electron chi connectivity index (χ3n) is 4.06. The molecule has 0 saturated heterocycles. The summed E-state index contributed by atoms with van der Waals surface area (Å²) >= 11 is 0. The van der Waals surface area contributed by atoms with Crippen LogP contribution < -0.4 is 20.1 Å². The lowest BCUT2D eigenvalue weighted by molar-refractivity contribution is -0.120. The number of rotatable bonds is 5. The van der Waals surface area contributed by atoms with Crippen LogP contribution in [0.3, 0.4) is 0 Å². The zero-order valence-corrected chi connectivity index (χ0v) is 15.2. The van der Waals surface area contributed by atoms with E-state index in [2.05, 4.69) is 15.6 Å². The first-order valence-electron chi connectivity index (χ1n) is 8.65. The summed E-state index contributed by atoms with van der Waals surface area (Å²) in [7, 11) is 1.53. The number of nitrogens with one attached hydrogen (secondary N) is 2. The predicted octanol–water partition coefficient (Wildman–Crippen LogP) is 2.44. The Hall–Kier alpha value is -3.35. The van der Waals surface area contributed by atoms with Gasteiger partial charge < -0.3 is 9.47 Å². The number of methoxy groups -OCH3 is 1. The van der Waals surface area contributed by atoms with Crippen LogP contribution in [-0.2, 0) is 4.79 Å². The van der Waals surface area contributed by atoms with E-state index < -0.39 is 0 Å². The Morgan fingerprint density at radius 1 is 1.22 bits per heavy atom. The highest BCUT2D eigenvalue weighted by atomic mass is 16.5. The molecule has 2 aromatic carbocycles. The monoisotopic (exact) mass is 367 g/mol. The molecule has 27 heavy (non-hydrogen) atoms. The fourth-order valence-corrected chi connectivity index (χ4v) is 2.75. The van der Waals surface area contributed by atoms with Gasteiger partial charge in [-0.3, -0.25) is 20.2 Å². The number of carbonyl (C=O) groups excluding carboxylic acids is 2.